The van der Waals surface area contributed by atoms with E-state index >= 15 is 4.39 Å². The van der Waals surface area contributed by atoms with Crippen molar-refractivity contribution < 1.29 is 17.2 Å². The van der Waals surface area contributed by atoms with E-state index in [1.54, 1.807) is 65.1 Å². The van der Waals surface area contributed by atoms with Crippen LogP contribution in [0.15, 0.2) is 112 Å². The summed E-state index contributed by atoms with van der Waals surface area (Å²) in [6, 6.07) is 15.5. The molecule has 0 N–H and O–H groups in total. The summed E-state index contributed by atoms with van der Waals surface area (Å²) in [5, 5.41) is 5.10. The van der Waals surface area contributed by atoms with Gasteiger partial charge in [0.15, 0.2) is 0 Å². The minimum Gasteiger partial charge on any atom is -0.281 e. The maximum Gasteiger partial charge on any atom is 0.268 e. The van der Waals surface area contributed by atoms with Crippen LogP contribution >= 0.6 is 23.5 Å². The maximum absolute atomic E-state index is 15.9. The van der Waals surface area contributed by atoms with Gasteiger partial charge >= 0.3 is 0 Å². The average Bonchev–Trinajstić information content (AvgIpc) is 3.64. The van der Waals surface area contributed by atoms with E-state index in [1.165, 1.54) is 36.7 Å². The van der Waals surface area contributed by atoms with Gasteiger partial charge in [0.05, 0.1) is 33.6 Å². The van der Waals surface area contributed by atoms with E-state index in [-0.39, 0.29) is 22.5 Å². The van der Waals surface area contributed by atoms with Crippen molar-refractivity contribution in [2.75, 3.05) is 12.5 Å². The molecule has 11 heteroatoms. The lowest BCUT2D eigenvalue weighted by Crippen LogP contribution is -2.18. The molecule has 3 heterocycles. The zero-order valence-corrected chi connectivity index (χ0v) is 26.3. The van der Waals surface area contributed by atoms with Gasteiger partial charge in [-0.3, -0.25) is 9.67 Å². The third-order valence-corrected chi connectivity index (χ3v) is 9.90. The highest BCUT2D eigenvalue weighted by atomic mass is 32.2. The molecule has 1 aliphatic rings. The predicted octanol–water partition coefficient (Wildman–Crippen LogP) is 7.76. The molecule has 0 aliphatic carbocycles. The van der Waals surface area contributed by atoms with Gasteiger partial charge in [-0.1, -0.05) is 36.0 Å². The molecule has 222 valence electrons. The van der Waals surface area contributed by atoms with Crippen molar-refractivity contribution >= 4 is 50.7 Å². The Morgan fingerprint density at radius 2 is 1.84 bits per heavy atom. The Labute approximate surface area is 258 Å². The Morgan fingerprint density at radius 3 is 2.56 bits per heavy atom. The molecule has 4 bridgehead atoms. The van der Waals surface area contributed by atoms with E-state index in [4.69, 9.17) is 4.99 Å². The monoisotopic (exact) mass is 636 g/mol. The van der Waals surface area contributed by atoms with Gasteiger partial charge in [0.1, 0.15) is 11.6 Å². The number of halogens is 2. The van der Waals surface area contributed by atoms with E-state index < -0.39 is 27.2 Å². The molecule has 0 radical (unpaired) electrons. The van der Waals surface area contributed by atoms with Crippen LogP contribution in [-0.2, 0) is 22.1 Å². The molecule has 2 aromatic heterocycles. The Balaban J connectivity index is 0.00000118. The lowest BCUT2D eigenvalue weighted by Gasteiger charge is -2.22. The highest BCUT2D eigenvalue weighted by Crippen LogP contribution is 2.40. The lowest BCUT2D eigenvalue weighted by molar-refractivity contribution is 0.507. The topological polar surface area (TPSA) is 69.2 Å². The number of hydrogen-bond acceptors (Lipinski definition) is 6. The summed E-state index contributed by atoms with van der Waals surface area (Å²) in [7, 11) is -3.97. The lowest BCUT2D eigenvalue weighted by atomic mass is 9.92. The van der Waals surface area contributed by atoms with Gasteiger partial charge in [-0.25, -0.2) is 21.2 Å². The molecule has 43 heavy (non-hydrogen) atoms. The molecule has 1 atom stereocenters. The van der Waals surface area contributed by atoms with E-state index in [0.717, 1.165) is 21.3 Å². The molecular formula is C32H30F2N4O2S3. The van der Waals surface area contributed by atoms with E-state index in [1.807, 2.05) is 25.6 Å². The Bertz CT molecular complexity index is 1940. The fraction of sp³-hybridized carbons (Fsp3) is 0.188. The first-order chi connectivity index (χ1) is 20.6. The number of rotatable bonds is 4. The first-order valence-electron chi connectivity index (χ1n) is 13.3. The molecule has 0 saturated carbocycles. The van der Waals surface area contributed by atoms with Crippen LogP contribution in [0, 0.1) is 11.6 Å². The van der Waals surface area contributed by atoms with Crippen LogP contribution in [0.2, 0.25) is 0 Å². The predicted molar refractivity (Wildman–Crippen MR) is 172 cm³/mol. The molecule has 1 unspecified atom stereocenters. The number of fused-ring (bicyclic) bond motifs is 7. The minimum atomic E-state index is -3.97. The van der Waals surface area contributed by atoms with Gasteiger partial charge in [0.2, 0.25) is 0 Å². The van der Waals surface area contributed by atoms with E-state index in [2.05, 4.69) is 11.7 Å². The average molecular weight is 637 g/mol. The molecule has 6 rings (SSSR count). The van der Waals surface area contributed by atoms with E-state index in [9.17, 15) is 12.8 Å². The Morgan fingerprint density at radius 1 is 1.09 bits per heavy atom. The normalized spacial score (nSPS) is 16.3. The summed E-state index contributed by atoms with van der Waals surface area (Å²) in [4.78, 5) is 5.75. The van der Waals surface area contributed by atoms with Gasteiger partial charge in [0.25, 0.3) is 10.0 Å². The zero-order chi connectivity index (χ0) is 30.8. The minimum absolute atomic E-state index is 0.100. The summed E-state index contributed by atoms with van der Waals surface area (Å²) in [6.45, 7) is 5.95. The molecule has 6 nitrogen and oxygen atoms in total. The van der Waals surface area contributed by atoms with Crippen molar-refractivity contribution in [1.82, 2.24) is 13.8 Å². The summed E-state index contributed by atoms with van der Waals surface area (Å²) in [5.74, 6) is -1.03. The molecule has 0 saturated heterocycles. The van der Waals surface area contributed by atoms with Crippen LogP contribution in [0.3, 0.4) is 0 Å². The molecule has 1 aliphatic heterocycles. The molecule has 3 aromatic carbocycles. The smallest absolute Gasteiger partial charge is 0.268 e. The third kappa shape index (κ3) is 6.07. The number of aliphatic imine (C=N–C) groups is 1. The third-order valence-electron chi connectivity index (χ3n) is 7.06. The first-order valence-corrected chi connectivity index (χ1v) is 17.2. The van der Waals surface area contributed by atoms with Crippen LogP contribution < -0.4 is 0 Å². The van der Waals surface area contributed by atoms with Crippen molar-refractivity contribution in [3.05, 3.63) is 120 Å². The number of benzene rings is 3. The molecule has 0 fully saturated rings. The second kappa shape index (κ2) is 12.5. The summed E-state index contributed by atoms with van der Waals surface area (Å²) in [5.41, 5.74) is 1.09. The number of aromatic nitrogens is 3. The van der Waals surface area contributed by atoms with Crippen LogP contribution in [0.5, 0.6) is 0 Å². The number of thioether (sulfide) groups is 1. The Kier molecular flexibility index (Phi) is 8.96. The quantitative estimate of drug-likeness (QED) is 0.189. The van der Waals surface area contributed by atoms with Gasteiger partial charge in [-0.15, -0.1) is 6.58 Å². The van der Waals surface area contributed by atoms with Crippen LogP contribution in [0.25, 0.3) is 10.9 Å². The first kappa shape index (κ1) is 30.8. The van der Waals surface area contributed by atoms with Crippen molar-refractivity contribution in [1.29, 1.82) is 0 Å². The van der Waals surface area contributed by atoms with Crippen molar-refractivity contribution in [3.8, 4) is 0 Å². The molecular weight excluding hydrogens is 607 g/mol. The van der Waals surface area contributed by atoms with Crippen LogP contribution in [0.1, 0.15) is 30.0 Å². The SMILES string of the molecule is C=CCC1(C)N=Cc2cc(ccc2F)Sc2c(F)cc3c(ccn3S(=O)(=O)c3ccccc3)c2Cn2cc1cn2.CSC. The summed E-state index contributed by atoms with van der Waals surface area (Å²) < 4.78 is 60.5. The number of hydrogen-bond donors (Lipinski definition) is 0. The second-order valence-electron chi connectivity index (χ2n) is 10.2. The fourth-order valence-electron chi connectivity index (χ4n) is 4.89. The maximum atomic E-state index is 15.9. The fourth-order valence-corrected chi connectivity index (χ4v) is 7.26. The highest BCUT2D eigenvalue weighted by Gasteiger charge is 2.28. The van der Waals surface area contributed by atoms with E-state index in [0.29, 0.717) is 27.2 Å². The molecule has 0 amide bonds. The van der Waals surface area contributed by atoms with Gasteiger partial charge in [-0.2, -0.15) is 16.9 Å². The highest BCUT2D eigenvalue weighted by molar-refractivity contribution is 7.99. The van der Waals surface area contributed by atoms with Crippen molar-refractivity contribution in [3.63, 3.8) is 0 Å². The standard InChI is InChI=1S/C30H24F2N4O2S2.C2H6S/c1-3-12-30(2)21-17-34-35(18-21)19-25-24-11-13-36(40(37,38)23-7-5-4-6-8-23)28(24)15-27(32)29(25)39-22-9-10-26(31)20(14-22)16-33-30;1-3-2/h3-11,13-18H,1,12,19H2,2H3;1-2H3. The summed E-state index contributed by atoms with van der Waals surface area (Å²) in [6.07, 6.45) is 12.8. The molecule has 0 spiro atoms. The Hall–Kier alpha value is -3.67. The summed E-state index contributed by atoms with van der Waals surface area (Å²) >= 11 is 2.90. The van der Waals surface area contributed by atoms with Crippen LogP contribution in [-0.4, -0.2) is 40.9 Å². The largest absolute Gasteiger partial charge is 0.281 e. The number of nitrogens with zero attached hydrogens (tertiary/aromatic N) is 4. The zero-order valence-electron chi connectivity index (χ0n) is 23.9. The van der Waals surface area contributed by atoms with Gasteiger partial charge in [0, 0.05) is 46.1 Å². The van der Waals surface area contributed by atoms with Gasteiger partial charge < -0.3 is 0 Å². The van der Waals surface area contributed by atoms with Crippen molar-refractivity contribution in [2.24, 2.45) is 4.99 Å². The second-order valence-corrected chi connectivity index (χ2v) is 13.9. The van der Waals surface area contributed by atoms with Crippen molar-refractivity contribution in [2.45, 2.75) is 40.1 Å². The molecule has 5 aromatic rings. The van der Waals surface area contributed by atoms with Crippen LogP contribution in [0.4, 0.5) is 8.78 Å². The van der Waals surface area contributed by atoms with Gasteiger partial charge in [-0.05, 0) is 67.8 Å².